The molecule has 1 amide bonds. The number of carbonyl (C=O) groups excluding carboxylic acids is 1. The number of benzene rings is 1. The van der Waals surface area contributed by atoms with Gasteiger partial charge in [-0.3, -0.25) is 4.79 Å². The number of para-hydroxylation sites is 1. The Morgan fingerprint density at radius 3 is 2.50 bits per heavy atom. The largest absolute Gasteiger partial charge is 0.619 e. The highest BCUT2D eigenvalue weighted by atomic mass is 16.5. The first-order chi connectivity index (χ1) is 9.58. The van der Waals surface area contributed by atoms with Gasteiger partial charge in [0.05, 0.1) is 0 Å². The number of aryl methyl sites for hydroxylation is 1. The summed E-state index contributed by atoms with van der Waals surface area (Å²) in [5.74, 6) is -0.00156. The molecule has 0 aliphatic carbocycles. The number of carbonyl (C=O) groups is 1. The van der Waals surface area contributed by atoms with Crippen LogP contribution in [-0.2, 0) is 11.2 Å². The summed E-state index contributed by atoms with van der Waals surface area (Å²) >= 11 is 0. The molecule has 2 rings (SSSR count). The Labute approximate surface area is 118 Å². The highest BCUT2D eigenvalue weighted by Gasteiger charge is 2.11. The van der Waals surface area contributed by atoms with E-state index in [1.165, 1.54) is 0 Å². The molecule has 104 valence electrons. The molecule has 0 saturated carbocycles. The minimum atomic E-state index is -0.00156. The third kappa shape index (κ3) is 3.35. The number of pyridine rings is 1. The lowest BCUT2D eigenvalue weighted by molar-refractivity contribution is -0.612. The Balaban J connectivity index is 2.10. The standard InChI is InChI=1S/C16H18N2O2/c1-13-8-9-15(12-18(13)20)10-11-17(14(2)19)16-6-4-3-5-7-16/h3-9,12H,10-11H2,1-2H3. The van der Waals surface area contributed by atoms with E-state index in [1.54, 1.807) is 31.0 Å². The van der Waals surface area contributed by atoms with Crippen LogP contribution in [0.2, 0.25) is 0 Å². The number of anilines is 1. The topological polar surface area (TPSA) is 47.2 Å². The molecule has 1 heterocycles. The van der Waals surface area contributed by atoms with Gasteiger partial charge in [-0.2, -0.15) is 4.73 Å². The summed E-state index contributed by atoms with van der Waals surface area (Å²) in [7, 11) is 0. The zero-order valence-corrected chi connectivity index (χ0v) is 11.7. The van der Waals surface area contributed by atoms with Crippen molar-refractivity contribution in [3.8, 4) is 0 Å². The summed E-state index contributed by atoms with van der Waals surface area (Å²) in [6.07, 6.45) is 2.22. The van der Waals surface area contributed by atoms with E-state index in [0.29, 0.717) is 18.7 Å². The first-order valence-corrected chi connectivity index (χ1v) is 6.60. The minimum Gasteiger partial charge on any atom is -0.619 e. The van der Waals surface area contributed by atoms with E-state index >= 15 is 0 Å². The SMILES string of the molecule is CC(=O)N(CCc1ccc(C)[n+]([O-])c1)c1ccccc1. The highest BCUT2D eigenvalue weighted by Crippen LogP contribution is 2.14. The van der Waals surface area contributed by atoms with Gasteiger partial charge in [0.2, 0.25) is 5.91 Å². The molecule has 0 saturated heterocycles. The van der Waals surface area contributed by atoms with Crippen molar-refractivity contribution in [3.05, 3.63) is 65.1 Å². The Morgan fingerprint density at radius 2 is 1.90 bits per heavy atom. The van der Waals surface area contributed by atoms with E-state index in [9.17, 15) is 10.0 Å². The number of aromatic nitrogens is 1. The molecule has 0 aliphatic rings. The van der Waals surface area contributed by atoms with Gasteiger partial charge in [-0.15, -0.1) is 0 Å². The molecule has 0 aliphatic heterocycles. The van der Waals surface area contributed by atoms with Crippen LogP contribution in [0.15, 0.2) is 48.7 Å². The third-order valence-corrected chi connectivity index (χ3v) is 3.24. The van der Waals surface area contributed by atoms with Crippen molar-refractivity contribution in [2.75, 3.05) is 11.4 Å². The van der Waals surface area contributed by atoms with Crippen LogP contribution in [-0.4, -0.2) is 12.5 Å². The lowest BCUT2D eigenvalue weighted by Crippen LogP contribution is -2.32. The molecule has 4 heteroatoms. The highest BCUT2D eigenvalue weighted by molar-refractivity contribution is 5.91. The van der Waals surface area contributed by atoms with Crippen molar-refractivity contribution in [1.29, 1.82) is 0 Å². The monoisotopic (exact) mass is 270 g/mol. The quantitative estimate of drug-likeness (QED) is 0.632. The fourth-order valence-corrected chi connectivity index (χ4v) is 2.06. The first-order valence-electron chi connectivity index (χ1n) is 6.60. The summed E-state index contributed by atoms with van der Waals surface area (Å²) in [4.78, 5) is 13.5. The van der Waals surface area contributed by atoms with E-state index in [-0.39, 0.29) is 5.91 Å². The predicted molar refractivity (Wildman–Crippen MR) is 78.3 cm³/mol. The zero-order chi connectivity index (χ0) is 14.5. The summed E-state index contributed by atoms with van der Waals surface area (Å²) in [6, 6.07) is 13.3. The maximum absolute atomic E-state index is 11.7. The van der Waals surface area contributed by atoms with Gasteiger partial charge in [-0.05, 0) is 24.6 Å². The van der Waals surface area contributed by atoms with E-state index < -0.39 is 0 Å². The van der Waals surface area contributed by atoms with Crippen molar-refractivity contribution in [2.45, 2.75) is 20.3 Å². The van der Waals surface area contributed by atoms with Gasteiger partial charge in [0.25, 0.3) is 0 Å². The fraction of sp³-hybridized carbons (Fsp3) is 0.250. The lowest BCUT2D eigenvalue weighted by atomic mass is 10.1. The van der Waals surface area contributed by atoms with Gasteiger partial charge < -0.3 is 10.1 Å². The Bertz CT molecular complexity index is 597. The second kappa shape index (κ2) is 6.19. The molecular formula is C16H18N2O2. The molecule has 4 nitrogen and oxygen atoms in total. The predicted octanol–water partition coefficient (Wildman–Crippen LogP) is 2.22. The van der Waals surface area contributed by atoms with Crippen LogP contribution in [0.3, 0.4) is 0 Å². The summed E-state index contributed by atoms with van der Waals surface area (Å²) < 4.78 is 0.857. The normalized spacial score (nSPS) is 10.3. The van der Waals surface area contributed by atoms with Crippen LogP contribution < -0.4 is 9.63 Å². The van der Waals surface area contributed by atoms with Crippen LogP contribution in [0, 0.1) is 12.1 Å². The number of hydrogen-bond acceptors (Lipinski definition) is 2. The summed E-state index contributed by atoms with van der Waals surface area (Å²) in [6.45, 7) is 3.88. The molecule has 0 bridgehead atoms. The minimum absolute atomic E-state index is 0.00156. The molecule has 0 unspecified atom stereocenters. The smallest absolute Gasteiger partial charge is 0.223 e. The van der Waals surface area contributed by atoms with Gasteiger partial charge in [0.1, 0.15) is 0 Å². The summed E-state index contributed by atoms with van der Waals surface area (Å²) in [5, 5.41) is 11.5. The molecule has 2 aromatic rings. The molecule has 20 heavy (non-hydrogen) atoms. The molecule has 0 fully saturated rings. The Hall–Kier alpha value is -2.36. The van der Waals surface area contributed by atoms with Gasteiger partial charge in [0, 0.05) is 37.7 Å². The molecular weight excluding hydrogens is 252 g/mol. The van der Waals surface area contributed by atoms with E-state index in [4.69, 9.17) is 0 Å². The van der Waals surface area contributed by atoms with Crippen LogP contribution in [0.4, 0.5) is 5.69 Å². The zero-order valence-electron chi connectivity index (χ0n) is 11.7. The third-order valence-electron chi connectivity index (χ3n) is 3.24. The first kappa shape index (κ1) is 14.1. The number of nitrogens with zero attached hydrogens (tertiary/aromatic N) is 2. The molecule has 0 spiro atoms. The fourth-order valence-electron chi connectivity index (χ4n) is 2.06. The second-order valence-electron chi connectivity index (χ2n) is 4.76. The van der Waals surface area contributed by atoms with E-state index in [0.717, 1.165) is 16.0 Å². The van der Waals surface area contributed by atoms with Gasteiger partial charge in [0.15, 0.2) is 11.9 Å². The van der Waals surface area contributed by atoms with Crippen molar-refractivity contribution in [1.82, 2.24) is 0 Å². The summed E-state index contributed by atoms with van der Waals surface area (Å²) in [5.41, 5.74) is 2.47. The van der Waals surface area contributed by atoms with Crippen LogP contribution in [0.25, 0.3) is 0 Å². The maximum Gasteiger partial charge on any atom is 0.223 e. The molecule has 1 aromatic heterocycles. The van der Waals surface area contributed by atoms with Gasteiger partial charge in [-0.1, -0.05) is 18.2 Å². The van der Waals surface area contributed by atoms with Crippen LogP contribution >= 0.6 is 0 Å². The van der Waals surface area contributed by atoms with Crippen molar-refractivity contribution in [2.24, 2.45) is 0 Å². The van der Waals surface area contributed by atoms with Crippen LogP contribution in [0.1, 0.15) is 18.2 Å². The lowest BCUT2D eigenvalue weighted by Gasteiger charge is -2.21. The molecule has 0 radical (unpaired) electrons. The van der Waals surface area contributed by atoms with E-state index in [1.807, 2.05) is 36.4 Å². The Kier molecular flexibility index (Phi) is 4.35. The van der Waals surface area contributed by atoms with Crippen molar-refractivity contribution in [3.63, 3.8) is 0 Å². The van der Waals surface area contributed by atoms with Crippen molar-refractivity contribution >= 4 is 11.6 Å². The average Bonchev–Trinajstić information content (AvgIpc) is 2.44. The second-order valence-corrected chi connectivity index (χ2v) is 4.76. The average molecular weight is 270 g/mol. The van der Waals surface area contributed by atoms with Gasteiger partial charge >= 0.3 is 0 Å². The molecule has 0 N–H and O–H groups in total. The molecule has 0 atom stereocenters. The molecule has 1 aromatic carbocycles. The van der Waals surface area contributed by atoms with E-state index in [2.05, 4.69) is 0 Å². The van der Waals surface area contributed by atoms with Crippen molar-refractivity contribution < 1.29 is 9.52 Å². The number of amides is 1. The number of rotatable bonds is 4. The maximum atomic E-state index is 11.7. The van der Waals surface area contributed by atoms with Crippen LogP contribution in [0.5, 0.6) is 0 Å². The Morgan fingerprint density at radius 1 is 1.20 bits per heavy atom. The van der Waals surface area contributed by atoms with Gasteiger partial charge in [-0.25, -0.2) is 0 Å². The number of hydrogen-bond donors (Lipinski definition) is 0.